The van der Waals surface area contributed by atoms with Crippen LogP contribution in [0.1, 0.15) is 11.8 Å². The van der Waals surface area contributed by atoms with Gasteiger partial charge >= 0.3 is 0 Å². The van der Waals surface area contributed by atoms with Gasteiger partial charge in [-0.25, -0.2) is 4.98 Å². The first-order valence-corrected chi connectivity index (χ1v) is 16.0. The molecule has 2 heterocycles. The Kier molecular flexibility index (Phi) is 6.53. The number of pyridine rings is 1. The summed E-state index contributed by atoms with van der Waals surface area (Å²) in [6, 6.07) is 59.8. The second-order valence-corrected chi connectivity index (χ2v) is 12.0. The van der Waals surface area contributed by atoms with Crippen molar-refractivity contribution in [3.05, 3.63) is 175 Å². The number of fused-ring (bicyclic) bond motifs is 3. The molecule has 1 atom stereocenters. The SMILES string of the molecule is c1ccc(-c2cc3ccccc3c(-c3ccccc3-c3c(-c4ccc5c(c4)NC(c4ccccc4)O5)ccc4ccccc34)n2)cc1. The molecule has 0 bridgehead atoms. The number of nitrogens with zero attached hydrogens (tertiary/aromatic N) is 1. The Morgan fingerprint density at radius 1 is 0.489 bits per heavy atom. The zero-order valence-corrected chi connectivity index (χ0v) is 25.6. The third kappa shape index (κ3) is 4.81. The smallest absolute Gasteiger partial charge is 0.196 e. The molecule has 0 fully saturated rings. The molecule has 8 aromatic rings. The van der Waals surface area contributed by atoms with Crippen molar-refractivity contribution in [2.45, 2.75) is 6.23 Å². The molecule has 1 unspecified atom stereocenters. The van der Waals surface area contributed by atoms with Crippen molar-refractivity contribution in [3.63, 3.8) is 0 Å². The maximum Gasteiger partial charge on any atom is 0.196 e. The molecule has 1 aromatic heterocycles. The first kappa shape index (κ1) is 27.1. The summed E-state index contributed by atoms with van der Waals surface area (Å²) >= 11 is 0. The van der Waals surface area contributed by atoms with Gasteiger partial charge in [0.15, 0.2) is 6.23 Å². The average molecular weight is 603 g/mol. The van der Waals surface area contributed by atoms with Gasteiger partial charge in [-0.3, -0.25) is 0 Å². The van der Waals surface area contributed by atoms with Gasteiger partial charge in [0.1, 0.15) is 5.75 Å². The summed E-state index contributed by atoms with van der Waals surface area (Å²) in [5.41, 5.74) is 10.9. The standard InChI is InChI=1S/C44H30N2O/c1-3-14-30(15-4-1)39-27-32-18-8-10-20-36(32)43(45-39)38-22-12-11-21-37(38)42-34-19-9-7-13-29(34)23-25-35(42)33-24-26-41-40(28-33)46-44(47-41)31-16-5-2-6-17-31/h1-28,44,46H. The molecule has 0 saturated heterocycles. The van der Waals surface area contributed by atoms with Crippen LogP contribution >= 0.6 is 0 Å². The molecule has 0 radical (unpaired) electrons. The molecule has 0 amide bonds. The second-order valence-electron chi connectivity index (χ2n) is 12.0. The van der Waals surface area contributed by atoms with Gasteiger partial charge in [0, 0.05) is 22.1 Å². The molecule has 7 aromatic carbocycles. The molecule has 1 aliphatic rings. The van der Waals surface area contributed by atoms with E-state index in [1.807, 2.05) is 24.3 Å². The van der Waals surface area contributed by atoms with Crippen LogP contribution in [-0.4, -0.2) is 4.98 Å². The minimum absolute atomic E-state index is 0.213. The van der Waals surface area contributed by atoms with Crippen LogP contribution in [0.25, 0.3) is 66.3 Å². The predicted molar refractivity (Wildman–Crippen MR) is 194 cm³/mol. The normalized spacial score (nSPS) is 13.7. The highest BCUT2D eigenvalue weighted by atomic mass is 16.5. The topological polar surface area (TPSA) is 34.1 Å². The van der Waals surface area contributed by atoms with Crippen LogP contribution in [0.2, 0.25) is 0 Å². The Balaban J connectivity index is 1.25. The van der Waals surface area contributed by atoms with Gasteiger partial charge < -0.3 is 10.1 Å². The van der Waals surface area contributed by atoms with E-state index in [2.05, 4.69) is 151 Å². The predicted octanol–water partition coefficient (Wildman–Crippen LogP) is 11.6. The van der Waals surface area contributed by atoms with Crippen LogP contribution in [0.4, 0.5) is 5.69 Å². The van der Waals surface area contributed by atoms with E-state index in [1.54, 1.807) is 0 Å². The third-order valence-electron chi connectivity index (χ3n) is 9.11. The van der Waals surface area contributed by atoms with Crippen molar-refractivity contribution in [2.24, 2.45) is 0 Å². The van der Waals surface area contributed by atoms with Gasteiger partial charge in [-0.1, -0.05) is 152 Å². The Hall–Kier alpha value is -6.19. The highest BCUT2D eigenvalue weighted by molar-refractivity contribution is 6.09. The Morgan fingerprint density at radius 3 is 2.00 bits per heavy atom. The van der Waals surface area contributed by atoms with Crippen LogP contribution in [0, 0.1) is 0 Å². The van der Waals surface area contributed by atoms with Crippen molar-refractivity contribution in [1.82, 2.24) is 4.98 Å². The minimum atomic E-state index is -0.213. The van der Waals surface area contributed by atoms with Crippen molar-refractivity contribution < 1.29 is 4.74 Å². The van der Waals surface area contributed by atoms with Gasteiger partial charge in [-0.2, -0.15) is 0 Å². The molecule has 0 saturated carbocycles. The van der Waals surface area contributed by atoms with Crippen molar-refractivity contribution in [1.29, 1.82) is 0 Å². The maximum atomic E-state index is 6.32. The lowest BCUT2D eigenvalue weighted by atomic mass is 9.86. The fourth-order valence-electron chi connectivity index (χ4n) is 6.86. The lowest BCUT2D eigenvalue weighted by Crippen LogP contribution is -2.09. The van der Waals surface area contributed by atoms with E-state index < -0.39 is 0 Å². The Labute approximate surface area is 273 Å². The van der Waals surface area contributed by atoms with Gasteiger partial charge in [-0.15, -0.1) is 0 Å². The maximum absolute atomic E-state index is 6.32. The molecular weight excluding hydrogens is 572 g/mol. The summed E-state index contributed by atoms with van der Waals surface area (Å²) in [5, 5.41) is 8.30. The summed E-state index contributed by atoms with van der Waals surface area (Å²) in [7, 11) is 0. The first-order valence-electron chi connectivity index (χ1n) is 16.0. The van der Waals surface area contributed by atoms with Crippen molar-refractivity contribution in [2.75, 3.05) is 5.32 Å². The van der Waals surface area contributed by atoms with Crippen molar-refractivity contribution in [3.8, 4) is 50.5 Å². The molecule has 222 valence electrons. The summed E-state index contributed by atoms with van der Waals surface area (Å²) in [6.07, 6.45) is -0.213. The summed E-state index contributed by atoms with van der Waals surface area (Å²) < 4.78 is 6.32. The fourth-order valence-corrected chi connectivity index (χ4v) is 6.86. The van der Waals surface area contributed by atoms with E-state index in [-0.39, 0.29) is 6.23 Å². The average Bonchev–Trinajstić information content (AvgIpc) is 3.58. The number of hydrogen-bond acceptors (Lipinski definition) is 3. The van der Waals surface area contributed by atoms with Gasteiger partial charge in [0.25, 0.3) is 0 Å². The van der Waals surface area contributed by atoms with Crippen LogP contribution < -0.4 is 10.1 Å². The van der Waals surface area contributed by atoms with Gasteiger partial charge in [0.2, 0.25) is 0 Å². The fraction of sp³-hybridized carbons (Fsp3) is 0.0227. The monoisotopic (exact) mass is 602 g/mol. The van der Waals surface area contributed by atoms with E-state index >= 15 is 0 Å². The lowest BCUT2D eigenvalue weighted by Gasteiger charge is -2.19. The summed E-state index contributed by atoms with van der Waals surface area (Å²) in [4.78, 5) is 5.37. The number of ether oxygens (including phenoxy) is 1. The zero-order chi connectivity index (χ0) is 31.2. The first-order chi connectivity index (χ1) is 23.3. The Bertz CT molecular complexity index is 2420. The lowest BCUT2D eigenvalue weighted by molar-refractivity contribution is 0.260. The van der Waals surface area contributed by atoms with Gasteiger partial charge in [0.05, 0.1) is 17.1 Å². The number of benzene rings is 7. The third-order valence-corrected chi connectivity index (χ3v) is 9.11. The molecule has 1 N–H and O–H groups in total. The molecule has 1 aliphatic heterocycles. The molecule has 0 spiro atoms. The molecular formula is C44H30N2O. The van der Waals surface area contributed by atoms with Gasteiger partial charge in [-0.05, 0) is 56.6 Å². The number of aromatic nitrogens is 1. The minimum Gasteiger partial charge on any atom is -0.464 e. The number of hydrogen-bond donors (Lipinski definition) is 1. The Morgan fingerprint density at radius 2 is 1.17 bits per heavy atom. The molecule has 47 heavy (non-hydrogen) atoms. The number of rotatable bonds is 5. The molecule has 9 rings (SSSR count). The second kappa shape index (κ2) is 11.3. The quantitative estimate of drug-likeness (QED) is 0.213. The van der Waals surface area contributed by atoms with E-state index in [9.17, 15) is 0 Å². The van der Waals surface area contributed by atoms with Crippen molar-refractivity contribution >= 4 is 27.2 Å². The van der Waals surface area contributed by atoms with Crippen LogP contribution in [0.5, 0.6) is 5.75 Å². The summed E-state index contributed by atoms with van der Waals surface area (Å²) in [5.74, 6) is 0.860. The summed E-state index contributed by atoms with van der Waals surface area (Å²) in [6.45, 7) is 0. The highest BCUT2D eigenvalue weighted by Gasteiger charge is 2.25. The number of anilines is 1. The molecule has 3 heteroatoms. The molecule has 0 aliphatic carbocycles. The van der Waals surface area contributed by atoms with Crippen LogP contribution in [-0.2, 0) is 0 Å². The largest absolute Gasteiger partial charge is 0.464 e. The van der Waals surface area contributed by atoms with Crippen LogP contribution in [0.15, 0.2) is 170 Å². The van der Waals surface area contributed by atoms with E-state index in [1.165, 1.54) is 21.7 Å². The zero-order valence-electron chi connectivity index (χ0n) is 25.6. The van der Waals surface area contributed by atoms with E-state index in [0.717, 1.165) is 61.6 Å². The van der Waals surface area contributed by atoms with E-state index in [0.29, 0.717) is 0 Å². The number of nitrogens with one attached hydrogen (secondary N) is 1. The highest BCUT2D eigenvalue weighted by Crippen LogP contribution is 2.46. The molecule has 3 nitrogen and oxygen atoms in total. The van der Waals surface area contributed by atoms with Crippen LogP contribution in [0.3, 0.4) is 0 Å². The van der Waals surface area contributed by atoms with E-state index in [4.69, 9.17) is 9.72 Å².